The Balaban J connectivity index is 1.90. The highest BCUT2D eigenvalue weighted by atomic mass is 16.2. The molecule has 110 valence electrons. The monoisotopic (exact) mass is 266 g/mol. The van der Waals surface area contributed by atoms with Gasteiger partial charge in [-0.2, -0.15) is 0 Å². The second-order valence-electron chi connectivity index (χ2n) is 6.84. The second-order valence-corrected chi connectivity index (χ2v) is 6.84. The molecule has 1 aliphatic carbocycles. The minimum atomic E-state index is -0.165. The molecule has 1 heterocycles. The normalized spacial score (nSPS) is 35.6. The molecule has 2 rings (SSSR count). The van der Waals surface area contributed by atoms with Crippen molar-refractivity contribution in [1.29, 1.82) is 0 Å². The van der Waals surface area contributed by atoms with E-state index >= 15 is 0 Å². The summed E-state index contributed by atoms with van der Waals surface area (Å²) in [4.78, 5) is 12.7. The van der Waals surface area contributed by atoms with E-state index in [1.54, 1.807) is 0 Å². The van der Waals surface area contributed by atoms with Crippen LogP contribution in [-0.4, -0.2) is 25.0 Å². The van der Waals surface area contributed by atoms with Gasteiger partial charge in [0.15, 0.2) is 0 Å². The van der Waals surface area contributed by atoms with Crippen LogP contribution in [-0.2, 0) is 4.79 Å². The van der Waals surface area contributed by atoms with Gasteiger partial charge in [-0.1, -0.05) is 27.2 Å². The molecule has 1 unspecified atom stereocenters. The Morgan fingerprint density at radius 2 is 2.00 bits per heavy atom. The number of hydrogen-bond acceptors (Lipinski definition) is 2. The molecule has 0 radical (unpaired) electrons. The molecule has 1 amide bonds. The maximum absolute atomic E-state index is 12.7. The summed E-state index contributed by atoms with van der Waals surface area (Å²) in [6.07, 6.45) is 7.20. The molecular formula is C16H30N2O. The molecule has 3 heteroatoms. The van der Waals surface area contributed by atoms with Gasteiger partial charge >= 0.3 is 0 Å². The molecule has 0 aromatic carbocycles. The van der Waals surface area contributed by atoms with Gasteiger partial charge in [-0.3, -0.25) is 4.79 Å². The van der Waals surface area contributed by atoms with Crippen LogP contribution in [0.2, 0.25) is 0 Å². The molecular weight excluding hydrogens is 236 g/mol. The molecule has 1 aliphatic heterocycles. The molecule has 3 nitrogen and oxygen atoms in total. The van der Waals surface area contributed by atoms with Crippen molar-refractivity contribution in [3.63, 3.8) is 0 Å². The van der Waals surface area contributed by atoms with E-state index in [0.717, 1.165) is 25.4 Å². The Bertz CT molecular complexity index is 300. The fourth-order valence-electron chi connectivity index (χ4n) is 3.70. The molecule has 19 heavy (non-hydrogen) atoms. The highest BCUT2D eigenvalue weighted by Gasteiger charge is 2.44. The van der Waals surface area contributed by atoms with Crippen LogP contribution < -0.4 is 10.6 Å². The maximum Gasteiger partial charge on any atom is 0.228 e. The Morgan fingerprint density at radius 3 is 2.47 bits per heavy atom. The Kier molecular flexibility index (Phi) is 4.88. The first-order valence-electron chi connectivity index (χ1n) is 8.10. The lowest BCUT2D eigenvalue weighted by Gasteiger charge is -2.35. The minimum Gasteiger partial charge on any atom is -0.353 e. The van der Waals surface area contributed by atoms with E-state index < -0.39 is 0 Å². The van der Waals surface area contributed by atoms with E-state index in [9.17, 15) is 4.79 Å². The van der Waals surface area contributed by atoms with E-state index in [-0.39, 0.29) is 5.41 Å². The molecule has 2 aliphatic rings. The number of carbonyl (C=O) groups excluding carboxylic acids is 1. The molecule has 2 fully saturated rings. The van der Waals surface area contributed by atoms with Crippen molar-refractivity contribution in [3.8, 4) is 0 Å². The number of nitrogens with one attached hydrogen (secondary N) is 2. The van der Waals surface area contributed by atoms with E-state index in [4.69, 9.17) is 0 Å². The van der Waals surface area contributed by atoms with Crippen LogP contribution in [0.15, 0.2) is 0 Å². The van der Waals surface area contributed by atoms with Crippen LogP contribution in [0.1, 0.15) is 59.3 Å². The maximum atomic E-state index is 12.7. The van der Waals surface area contributed by atoms with Gasteiger partial charge in [0.25, 0.3) is 0 Å². The quantitative estimate of drug-likeness (QED) is 0.821. The molecule has 1 saturated heterocycles. The van der Waals surface area contributed by atoms with Gasteiger partial charge in [0.2, 0.25) is 5.91 Å². The van der Waals surface area contributed by atoms with Crippen LogP contribution >= 0.6 is 0 Å². The van der Waals surface area contributed by atoms with Gasteiger partial charge in [-0.05, 0) is 50.5 Å². The lowest BCUT2D eigenvalue weighted by Crippen LogP contribution is -2.50. The zero-order valence-electron chi connectivity index (χ0n) is 12.8. The molecule has 0 aromatic heterocycles. The number of carbonyl (C=O) groups is 1. The lowest BCUT2D eigenvalue weighted by molar-refractivity contribution is -0.133. The first kappa shape index (κ1) is 14.8. The summed E-state index contributed by atoms with van der Waals surface area (Å²) in [5.41, 5.74) is -0.165. The number of rotatable bonds is 4. The van der Waals surface area contributed by atoms with Gasteiger partial charge in [0.05, 0.1) is 5.41 Å². The standard InChI is InChI=1S/C16H30N2O/c1-4-13-5-7-14(8-6-13)18-15(19)16(12(2)3)9-10-17-11-16/h12-14,17H,4-11H2,1-3H3,(H,18,19). The fourth-order valence-corrected chi connectivity index (χ4v) is 3.70. The third kappa shape index (κ3) is 3.13. The fraction of sp³-hybridized carbons (Fsp3) is 0.938. The SMILES string of the molecule is CCC1CCC(NC(=O)C2(C(C)C)CCNC2)CC1. The summed E-state index contributed by atoms with van der Waals surface area (Å²) in [7, 11) is 0. The van der Waals surface area contributed by atoms with E-state index in [1.807, 2.05) is 0 Å². The highest BCUT2D eigenvalue weighted by Crippen LogP contribution is 2.35. The molecule has 0 spiro atoms. The minimum absolute atomic E-state index is 0.165. The Hall–Kier alpha value is -0.570. The average Bonchev–Trinajstić information content (AvgIpc) is 2.90. The number of hydrogen-bond donors (Lipinski definition) is 2. The molecule has 1 saturated carbocycles. The first-order valence-corrected chi connectivity index (χ1v) is 8.10. The van der Waals surface area contributed by atoms with Gasteiger partial charge in [0, 0.05) is 12.6 Å². The van der Waals surface area contributed by atoms with E-state index in [1.165, 1.54) is 32.1 Å². The predicted octanol–water partition coefficient (Wildman–Crippen LogP) is 2.71. The Morgan fingerprint density at radius 1 is 1.32 bits per heavy atom. The highest BCUT2D eigenvalue weighted by molar-refractivity contribution is 5.83. The van der Waals surface area contributed by atoms with Gasteiger partial charge in [-0.25, -0.2) is 0 Å². The summed E-state index contributed by atoms with van der Waals surface area (Å²) in [6, 6.07) is 0.423. The molecule has 0 bridgehead atoms. The zero-order chi connectivity index (χ0) is 13.9. The summed E-state index contributed by atoms with van der Waals surface area (Å²) in [6.45, 7) is 8.47. The summed E-state index contributed by atoms with van der Waals surface area (Å²) < 4.78 is 0. The van der Waals surface area contributed by atoms with Crippen molar-refractivity contribution in [3.05, 3.63) is 0 Å². The van der Waals surface area contributed by atoms with Crippen molar-refractivity contribution < 1.29 is 4.79 Å². The molecule has 0 aromatic rings. The van der Waals surface area contributed by atoms with Gasteiger partial charge in [0.1, 0.15) is 0 Å². The second kappa shape index (κ2) is 6.25. The van der Waals surface area contributed by atoms with E-state index in [2.05, 4.69) is 31.4 Å². The predicted molar refractivity (Wildman–Crippen MR) is 78.9 cm³/mol. The number of amides is 1. The summed E-state index contributed by atoms with van der Waals surface area (Å²) in [5, 5.41) is 6.72. The van der Waals surface area contributed by atoms with Crippen LogP contribution in [0.25, 0.3) is 0 Å². The Labute approximate surface area is 117 Å². The van der Waals surface area contributed by atoms with Crippen LogP contribution in [0.4, 0.5) is 0 Å². The summed E-state index contributed by atoms with van der Waals surface area (Å²) in [5.74, 6) is 1.60. The average molecular weight is 266 g/mol. The summed E-state index contributed by atoms with van der Waals surface area (Å²) >= 11 is 0. The molecule has 1 atom stereocenters. The smallest absolute Gasteiger partial charge is 0.228 e. The van der Waals surface area contributed by atoms with E-state index in [0.29, 0.717) is 17.9 Å². The first-order chi connectivity index (χ1) is 9.08. The third-order valence-electron chi connectivity index (χ3n) is 5.51. The van der Waals surface area contributed by atoms with Crippen LogP contribution in [0, 0.1) is 17.3 Å². The van der Waals surface area contributed by atoms with Crippen molar-refractivity contribution in [2.75, 3.05) is 13.1 Å². The van der Waals surface area contributed by atoms with Crippen molar-refractivity contribution >= 4 is 5.91 Å². The van der Waals surface area contributed by atoms with Crippen LogP contribution in [0.5, 0.6) is 0 Å². The van der Waals surface area contributed by atoms with Crippen molar-refractivity contribution in [2.24, 2.45) is 17.3 Å². The zero-order valence-corrected chi connectivity index (χ0v) is 12.8. The van der Waals surface area contributed by atoms with Crippen molar-refractivity contribution in [2.45, 2.75) is 65.3 Å². The lowest BCUT2D eigenvalue weighted by atomic mass is 9.75. The molecule has 2 N–H and O–H groups in total. The van der Waals surface area contributed by atoms with Gasteiger partial charge in [-0.15, -0.1) is 0 Å². The third-order valence-corrected chi connectivity index (χ3v) is 5.51. The largest absolute Gasteiger partial charge is 0.353 e. The van der Waals surface area contributed by atoms with Crippen molar-refractivity contribution in [1.82, 2.24) is 10.6 Å². The van der Waals surface area contributed by atoms with Crippen LogP contribution in [0.3, 0.4) is 0 Å². The topological polar surface area (TPSA) is 41.1 Å². The van der Waals surface area contributed by atoms with Gasteiger partial charge < -0.3 is 10.6 Å².